The first kappa shape index (κ1) is 24.5. The molecular formula is C22H21F4N3O3S. The summed E-state index contributed by atoms with van der Waals surface area (Å²) in [5, 5.41) is 13.3. The van der Waals surface area contributed by atoms with E-state index in [4.69, 9.17) is 0 Å². The van der Waals surface area contributed by atoms with Crippen molar-refractivity contribution in [2.75, 3.05) is 11.9 Å². The molecule has 0 saturated carbocycles. The molecule has 2 aromatic rings. The van der Waals surface area contributed by atoms with E-state index in [-0.39, 0.29) is 22.7 Å². The van der Waals surface area contributed by atoms with E-state index in [1.165, 1.54) is 6.92 Å². The fraction of sp³-hybridized carbons (Fsp3) is 0.409. The number of nitrogens with zero attached hydrogens (tertiary/aromatic N) is 1. The topological polar surface area (TPSA) is 91.2 Å². The van der Waals surface area contributed by atoms with Crippen molar-refractivity contribution >= 4 is 28.2 Å². The maximum Gasteiger partial charge on any atom is 0.441 e. The highest BCUT2D eigenvalue weighted by molar-refractivity contribution is 7.16. The van der Waals surface area contributed by atoms with Gasteiger partial charge in [0.25, 0.3) is 5.91 Å². The first-order valence-electron chi connectivity index (χ1n) is 10.2. The Labute approximate surface area is 191 Å². The lowest BCUT2D eigenvalue weighted by molar-refractivity contribution is -0.204. The minimum Gasteiger partial charge on any atom is -0.463 e. The van der Waals surface area contributed by atoms with Gasteiger partial charge in [0, 0.05) is 10.4 Å². The average molecular weight is 483 g/mol. The molecule has 1 heterocycles. The number of carbonyl (C=O) groups is 2. The molecule has 11 heteroatoms. The lowest BCUT2D eigenvalue weighted by atomic mass is 9.88. The van der Waals surface area contributed by atoms with Crippen molar-refractivity contribution in [1.82, 2.24) is 5.32 Å². The van der Waals surface area contributed by atoms with Crippen LogP contribution >= 0.6 is 11.3 Å². The standard InChI is InChI=1S/C22H21F4N3O3S/c1-3-32-20(31)21(22(24,25)26,28-18(30)13-5-7-14(23)8-6-13)29-19-16(11-27)15-9-4-12(2)10-17(15)33-19/h5-8,12,29H,3-4,9-10H2,1-2H3,(H,28,30)/t12-,21+/m0/s1. The van der Waals surface area contributed by atoms with Crippen molar-refractivity contribution in [2.45, 2.75) is 44.9 Å². The molecule has 6 nitrogen and oxygen atoms in total. The molecule has 2 atom stereocenters. The Balaban J connectivity index is 2.09. The third kappa shape index (κ3) is 4.80. The van der Waals surface area contributed by atoms with Crippen LogP contribution in [-0.4, -0.2) is 30.3 Å². The minimum absolute atomic E-state index is 0.0101. The van der Waals surface area contributed by atoms with E-state index in [1.54, 1.807) is 5.32 Å². The highest BCUT2D eigenvalue weighted by Gasteiger charge is 2.64. The van der Waals surface area contributed by atoms with Gasteiger partial charge >= 0.3 is 17.8 Å². The van der Waals surface area contributed by atoms with Crippen LogP contribution in [0.1, 0.15) is 46.6 Å². The van der Waals surface area contributed by atoms with Crippen LogP contribution in [0.15, 0.2) is 24.3 Å². The molecule has 1 aliphatic rings. The molecule has 0 aliphatic heterocycles. The summed E-state index contributed by atoms with van der Waals surface area (Å²) in [7, 11) is 0. The van der Waals surface area contributed by atoms with E-state index in [0.29, 0.717) is 24.3 Å². The van der Waals surface area contributed by atoms with Gasteiger partial charge in [-0.25, -0.2) is 9.18 Å². The Morgan fingerprint density at radius 2 is 1.94 bits per heavy atom. The van der Waals surface area contributed by atoms with Crippen molar-refractivity contribution in [3.8, 4) is 6.07 Å². The molecule has 0 bridgehead atoms. The Hall–Kier alpha value is -3.13. The molecule has 0 saturated heterocycles. The number of nitrogens with one attached hydrogen (secondary N) is 2. The number of anilines is 1. The Morgan fingerprint density at radius 1 is 1.27 bits per heavy atom. The number of hydrogen-bond donors (Lipinski definition) is 2. The average Bonchev–Trinajstić information content (AvgIpc) is 3.08. The fourth-order valence-corrected chi connectivity index (χ4v) is 5.02. The highest BCUT2D eigenvalue weighted by atomic mass is 32.1. The van der Waals surface area contributed by atoms with Crippen LogP contribution in [0.5, 0.6) is 0 Å². The Kier molecular flexibility index (Phi) is 6.97. The summed E-state index contributed by atoms with van der Waals surface area (Å²) in [4.78, 5) is 26.1. The molecule has 0 unspecified atom stereocenters. The van der Waals surface area contributed by atoms with E-state index in [9.17, 15) is 32.4 Å². The second-order valence-electron chi connectivity index (χ2n) is 7.72. The van der Waals surface area contributed by atoms with Crippen LogP contribution in [-0.2, 0) is 22.4 Å². The normalized spacial score (nSPS) is 17.3. The summed E-state index contributed by atoms with van der Waals surface area (Å²) >= 11 is 0.951. The van der Waals surface area contributed by atoms with Gasteiger partial charge in [-0.15, -0.1) is 11.3 Å². The van der Waals surface area contributed by atoms with Gasteiger partial charge in [-0.3, -0.25) is 4.79 Å². The zero-order chi connectivity index (χ0) is 24.4. The number of amides is 1. The number of benzene rings is 1. The number of alkyl halides is 3. The monoisotopic (exact) mass is 483 g/mol. The summed E-state index contributed by atoms with van der Waals surface area (Å²) in [5.41, 5.74) is -3.31. The van der Waals surface area contributed by atoms with Gasteiger partial charge in [0.05, 0.1) is 12.2 Å². The number of hydrogen-bond acceptors (Lipinski definition) is 6. The first-order valence-corrected chi connectivity index (χ1v) is 11.0. The molecule has 1 aromatic heterocycles. The Morgan fingerprint density at radius 3 is 2.52 bits per heavy atom. The summed E-state index contributed by atoms with van der Waals surface area (Å²) < 4.78 is 61.2. The van der Waals surface area contributed by atoms with Gasteiger partial charge in [-0.1, -0.05) is 6.92 Å². The molecule has 0 fully saturated rings. The molecule has 0 spiro atoms. The predicted octanol–water partition coefficient (Wildman–Crippen LogP) is 4.55. The van der Waals surface area contributed by atoms with Crippen molar-refractivity contribution < 1.29 is 31.9 Å². The smallest absolute Gasteiger partial charge is 0.441 e. The van der Waals surface area contributed by atoms with Crippen molar-refractivity contribution in [3.63, 3.8) is 0 Å². The summed E-state index contributed by atoms with van der Waals surface area (Å²) in [6.45, 7) is 2.95. The maximum atomic E-state index is 14.4. The van der Waals surface area contributed by atoms with E-state index in [0.717, 1.165) is 46.9 Å². The van der Waals surface area contributed by atoms with E-state index < -0.39 is 29.5 Å². The molecule has 0 radical (unpaired) electrons. The zero-order valence-electron chi connectivity index (χ0n) is 17.8. The SMILES string of the molecule is CCOC(=O)[C@@](NC(=O)c1ccc(F)cc1)(Nc1sc2c(c1C#N)CC[C@H](C)C2)C(F)(F)F. The number of fused-ring (bicyclic) bond motifs is 1. The van der Waals surface area contributed by atoms with Gasteiger partial charge in [0.15, 0.2) is 0 Å². The number of halogens is 4. The summed E-state index contributed by atoms with van der Waals surface area (Å²) in [6.07, 6.45) is -3.45. The minimum atomic E-state index is -5.35. The van der Waals surface area contributed by atoms with Crippen LogP contribution in [0.25, 0.3) is 0 Å². The summed E-state index contributed by atoms with van der Waals surface area (Å²) in [6, 6.07) is 5.72. The van der Waals surface area contributed by atoms with Gasteiger partial charge < -0.3 is 15.4 Å². The van der Waals surface area contributed by atoms with Crippen LogP contribution in [0.2, 0.25) is 0 Å². The Bertz CT molecular complexity index is 1090. The molecule has 1 amide bonds. The fourth-order valence-electron chi connectivity index (χ4n) is 3.60. The second-order valence-corrected chi connectivity index (χ2v) is 8.83. The number of ether oxygens (including phenoxy) is 1. The van der Waals surface area contributed by atoms with E-state index in [2.05, 4.69) is 10.1 Å². The van der Waals surface area contributed by atoms with Crippen LogP contribution < -0.4 is 10.6 Å². The quantitative estimate of drug-likeness (QED) is 0.358. The lowest BCUT2D eigenvalue weighted by Crippen LogP contribution is -2.69. The van der Waals surface area contributed by atoms with Crippen LogP contribution in [0, 0.1) is 23.1 Å². The molecule has 1 aliphatic carbocycles. The van der Waals surface area contributed by atoms with E-state index >= 15 is 0 Å². The number of nitriles is 1. The van der Waals surface area contributed by atoms with Crippen molar-refractivity contribution in [1.29, 1.82) is 5.26 Å². The molecule has 3 rings (SSSR count). The molecular weight excluding hydrogens is 462 g/mol. The molecule has 2 N–H and O–H groups in total. The molecule has 176 valence electrons. The maximum absolute atomic E-state index is 14.4. The van der Waals surface area contributed by atoms with Crippen LogP contribution in [0.3, 0.4) is 0 Å². The molecule has 1 aromatic carbocycles. The van der Waals surface area contributed by atoms with Crippen molar-refractivity contribution in [3.05, 3.63) is 51.7 Å². The summed E-state index contributed by atoms with van der Waals surface area (Å²) in [5.74, 6) is -3.45. The predicted molar refractivity (Wildman–Crippen MR) is 113 cm³/mol. The number of thiophene rings is 1. The number of rotatable bonds is 6. The van der Waals surface area contributed by atoms with E-state index in [1.807, 2.05) is 13.0 Å². The molecule has 33 heavy (non-hydrogen) atoms. The number of carbonyl (C=O) groups excluding carboxylic acids is 2. The largest absolute Gasteiger partial charge is 0.463 e. The highest BCUT2D eigenvalue weighted by Crippen LogP contribution is 2.42. The van der Waals surface area contributed by atoms with Gasteiger partial charge in [0.2, 0.25) is 0 Å². The third-order valence-electron chi connectivity index (χ3n) is 5.34. The van der Waals surface area contributed by atoms with Gasteiger partial charge in [-0.2, -0.15) is 18.4 Å². The second kappa shape index (κ2) is 9.39. The lowest BCUT2D eigenvalue weighted by Gasteiger charge is -2.35. The first-order chi connectivity index (χ1) is 15.5. The van der Waals surface area contributed by atoms with Gasteiger partial charge in [-0.05, 0) is 61.9 Å². The van der Waals surface area contributed by atoms with Crippen molar-refractivity contribution in [2.24, 2.45) is 5.92 Å². The zero-order valence-corrected chi connectivity index (χ0v) is 18.6. The van der Waals surface area contributed by atoms with Crippen LogP contribution in [0.4, 0.5) is 22.6 Å². The number of esters is 1. The van der Waals surface area contributed by atoms with Gasteiger partial charge in [0.1, 0.15) is 16.9 Å². The third-order valence-corrected chi connectivity index (χ3v) is 6.51.